The molecule has 7 heteroatoms. The largest absolute Gasteiger partial charge is 0.341 e. The molecule has 1 heterocycles. The number of ketones is 1. The van der Waals surface area contributed by atoms with Crippen LogP contribution in [0.4, 0.5) is 0 Å². The number of likely N-dealkylation sites (tertiary alicyclic amines) is 1. The van der Waals surface area contributed by atoms with Crippen molar-refractivity contribution in [3.8, 4) is 0 Å². The first-order valence-corrected chi connectivity index (χ1v) is 7.04. The maximum Gasteiger partial charge on any atom is 0.290 e. The Kier molecular flexibility index (Phi) is 4.54. The minimum Gasteiger partial charge on any atom is -0.341 e. The molecule has 1 atom stereocenters. The van der Waals surface area contributed by atoms with Gasteiger partial charge in [0.25, 0.3) is 5.91 Å². The number of amides is 2. The number of hydrogen-bond donors (Lipinski definition) is 0. The van der Waals surface area contributed by atoms with Crippen LogP contribution in [0.25, 0.3) is 0 Å². The second kappa shape index (κ2) is 6.03. The Morgan fingerprint density at radius 2 is 1.86 bits per heavy atom. The van der Waals surface area contributed by atoms with Crippen LogP contribution in [0.5, 0.6) is 0 Å². The smallest absolute Gasteiger partial charge is 0.290 e. The van der Waals surface area contributed by atoms with Crippen molar-refractivity contribution < 1.29 is 14.4 Å². The highest BCUT2D eigenvalue weighted by Gasteiger charge is 2.42. The lowest BCUT2D eigenvalue weighted by molar-refractivity contribution is -0.144. The van der Waals surface area contributed by atoms with E-state index >= 15 is 0 Å². The molecule has 1 aliphatic rings. The highest BCUT2D eigenvalue weighted by atomic mass is 35.5. The van der Waals surface area contributed by atoms with Crippen LogP contribution in [-0.4, -0.2) is 48.0 Å². The summed E-state index contributed by atoms with van der Waals surface area (Å²) in [6.07, 6.45) is 0. The van der Waals surface area contributed by atoms with E-state index in [0.29, 0.717) is 10.0 Å². The van der Waals surface area contributed by atoms with Gasteiger partial charge in [0.15, 0.2) is 0 Å². The standard InChI is InChI=1S/C14H14Cl2N2O3/c1-17(6-8-3-9(15)5-10(16)4-8)13(20)11-7-18(2)14(21)12(11)19/h3-5,11H,6-7H2,1-2H3. The van der Waals surface area contributed by atoms with Crippen molar-refractivity contribution in [2.75, 3.05) is 20.6 Å². The number of carbonyl (C=O) groups excluding carboxylic acids is 3. The fourth-order valence-corrected chi connectivity index (χ4v) is 2.86. The number of benzene rings is 1. The third kappa shape index (κ3) is 3.36. The molecule has 0 saturated carbocycles. The van der Waals surface area contributed by atoms with Gasteiger partial charge in [-0.25, -0.2) is 0 Å². The topological polar surface area (TPSA) is 57.7 Å². The van der Waals surface area contributed by atoms with Crippen LogP contribution in [-0.2, 0) is 20.9 Å². The molecule has 2 rings (SSSR count). The van der Waals surface area contributed by atoms with Crippen molar-refractivity contribution >= 4 is 40.8 Å². The van der Waals surface area contributed by atoms with Crippen LogP contribution in [0.2, 0.25) is 10.0 Å². The lowest BCUT2D eigenvalue weighted by atomic mass is 10.1. The van der Waals surface area contributed by atoms with Gasteiger partial charge in [-0.1, -0.05) is 23.2 Å². The minimum atomic E-state index is -0.929. The molecule has 112 valence electrons. The number of rotatable bonds is 3. The molecule has 0 bridgehead atoms. The van der Waals surface area contributed by atoms with Crippen molar-refractivity contribution in [3.05, 3.63) is 33.8 Å². The summed E-state index contributed by atoms with van der Waals surface area (Å²) in [5.74, 6) is -2.58. The van der Waals surface area contributed by atoms with Crippen LogP contribution in [0, 0.1) is 5.92 Å². The lowest BCUT2D eigenvalue weighted by Gasteiger charge is -2.20. The Balaban J connectivity index is 2.10. The van der Waals surface area contributed by atoms with Gasteiger partial charge < -0.3 is 9.80 Å². The van der Waals surface area contributed by atoms with E-state index in [1.807, 2.05) is 0 Å². The van der Waals surface area contributed by atoms with Gasteiger partial charge in [0.1, 0.15) is 5.92 Å². The summed E-state index contributed by atoms with van der Waals surface area (Å²) in [6.45, 7) is 0.387. The maximum absolute atomic E-state index is 12.3. The average molecular weight is 329 g/mol. The zero-order valence-electron chi connectivity index (χ0n) is 11.6. The Morgan fingerprint density at radius 3 is 2.33 bits per heavy atom. The van der Waals surface area contributed by atoms with Crippen LogP contribution in [0.1, 0.15) is 5.56 Å². The molecule has 1 aromatic rings. The fourth-order valence-electron chi connectivity index (χ4n) is 2.29. The molecule has 1 unspecified atom stereocenters. The van der Waals surface area contributed by atoms with E-state index < -0.39 is 17.6 Å². The Labute approximate surface area is 132 Å². The highest BCUT2D eigenvalue weighted by Crippen LogP contribution is 2.21. The van der Waals surface area contributed by atoms with E-state index in [-0.39, 0.29) is 19.0 Å². The predicted octanol–water partition coefficient (Wildman–Crippen LogP) is 1.61. The summed E-state index contributed by atoms with van der Waals surface area (Å²) >= 11 is 11.8. The van der Waals surface area contributed by atoms with Gasteiger partial charge in [0, 0.05) is 37.2 Å². The fraction of sp³-hybridized carbons (Fsp3) is 0.357. The molecule has 1 aliphatic heterocycles. The molecule has 0 N–H and O–H groups in total. The Morgan fingerprint density at radius 1 is 1.29 bits per heavy atom. The van der Waals surface area contributed by atoms with Crippen LogP contribution in [0.3, 0.4) is 0 Å². The zero-order chi connectivity index (χ0) is 15.7. The van der Waals surface area contributed by atoms with Crippen molar-refractivity contribution in [1.29, 1.82) is 0 Å². The van der Waals surface area contributed by atoms with Gasteiger partial charge in [-0.15, -0.1) is 0 Å². The minimum absolute atomic E-state index is 0.122. The SMILES string of the molecule is CN1CC(C(=O)N(C)Cc2cc(Cl)cc(Cl)c2)C(=O)C1=O. The molecule has 1 aromatic carbocycles. The summed E-state index contributed by atoms with van der Waals surface area (Å²) in [7, 11) is 3.08. The third-order valence-corrected chi connectivity index (χ3v) is 3.78. The quantitative estimate of drug-likeness (QED) is 0.625. The number of hydrogen-bond acceptors (Lipinski definition) is 3. The van der Waals surface area contributed by atoms with Crippen molar-refractivity contribution in [2.45, 2.75) is 6.54 Å². The predicted molar refractivity (Wildman–Crippen MR) is 79.1 cm³/mol. The van der Waals surface area contributed by atoms with E-state index in [4.69, 9.17) is 23.2 Å². The zero-order valence-corrected chi connectivity index (χ0v) is 13.1. The van der Waals surface area contributed by atoms with Gasteiger partial charge in [0.2, 0.25) is 11.7 Å². The molecule has 21 heavy (non-hydrogen) atoms. The summed E-state index contributed by atoms with van der Waals surface area (Å²) in [6, 6.07) is 5.00. The van der Waals surface area contributed by atoms with E-state index in [0.717, 1.165) is 5.56 Å². The molecule has 1 saturated heterocycles. The molecule has 0 radical (unpaired) electrons. The van der Waals surface area contributed by atoms with Gasteiger partial charge in [-0.3, -0.25) is 14.4 Å². The highest BCUT2D eigenvalue weighted by molar-refractivity contribution is 6.42. The molecular weight excluding hydrogens is 315 g/mol. The molecule has 0 aliphatic carbocycles. The number of likely N-dealkylation sites (N-methyl/N-ethyl adjacent to an activating group) is 1. The molecule has 2 amide bonds. The first kappa shape index (κ1) is 15.8. The van der Waals surface area contributed by atoms with Crippen molar-refractivity contribution in [3.63, 3.8) is 0 Å². The van der Waals surface area contributed by atoms with Crippen LogP contribution < -0.4 is 0 Å². The number of halogens is 2. The van der Waals surface area contributed by atoms with Crippen LogP contribution >= 0.6 is 23.2 Å². The number of carbonyl (C=O) groups is 3. The second-order valence-corrected chi connectivity index (χ2v) is 5.95. The van der Waals surface area contributed by atoms with E-state index in [1.165, 1.54) is 16.8 Å². The molecule has 0 aromatic heterocycles. The summed E-state index contributed by atoms with van der Waals surface area (Å²) in [4.78, 5) is 38.1. The molecule has 5 nitrogen and oxygen atoms in total. The number of nitrogens with zero attached hydrogens (tertiary/aromatic N) is 2. The molecule has 0 spiro atoms. The Bertz CT molecular complexity index is 598. The van der Waals surface area contributed by atoms with Crippen molar-refractivity contribution in [2.24, 2.45) is 5.92 Å². The summed E-state index contributed by atoms with van der Waals surface area (Å²) in [5.41, 5.74) is 0.758. The van der Waals surface area contributed by atoms with Crippen LogP contribution in [0.15, 0.2) is 18.2 Å². The lowest BCUT2D eigenvalue weighted by Crippen LogP contribution is -2.36. The van der Waals surface area contributed by atoms with Gasteiger partial charge in [0.05, 0.1) is 0 Å². The van der Waals surface area contributed by atoms with Crippen molar-refractivity contribution in [1.82, 2.24) is 9.80 Å². The van der Waals surface area contributed by atoms with E-state index in [9.17, 15) is 14.4 Å². The Hall–Kier alpha value is -1.59. The normalized spacial score (nSPS) is 18.3. The first-order chi connectivity index (χ1) is 9.79. The van der Waals surface area contributed by atoms with Gasteiger partial charge in [-0.05, 0) is 23.8 Å². The monoisotopic (exact) mass is 328 g/mol. The third-order valence-electron chi connectivity index (χ3n) is 3.35. The summed E-state index contributed by atoms with van der Waals surface area (Å²) in [5, 5.41) is 0.954. The van der Waals surface area contributed by atoms with Gasteiger partial charge in [-0.2, -0.15) is 0 Å². The average Bonchev–Trinajstić information content (AvgIpc) is 2.64. The van der Waals surface area contributed by atoms with E-state index in [2.05, 4.69) is 0 Å². The first-order valence-electron chi connectivity index (χ1n) is 6.29. The molecule has 1 fully saturated rings. The summed E-state index contributed by atoms with van der Waals surface area (Å²) < 4.78 is 0. The molecular formula is C14H14Cl2N2O3. The van der Waals surface area contributed by atoms with Gasteiger partial charge >= 0.3 is 0 Å². The van der Waals surface area contributed by atoms with E-state index in [1.54, 1.807) is 25.2 Å². The maximum atomic E-state index is 12.3. The number of Topliss-reactive ketones (excluding diaryl/α,β-unsaturated/α-hetero) is 1. The second-order valence-electron chi connectivity index (χ2n) is 5.07.